The van der Waals surface area contributed by atoms with Crippen LogP contribution in [-0.4, -0.2) is 43.1 Å². The Morgan fingerprint density at radius 1 is 1.00 bits per heavy atom. The minimum atomic E-state index is -0.0143. The first-order valence-corrected chi connectivity index (χ1v) is 7.80. The molecule has 1 amide bonds. The molecule has 4 heteroatoms. The molecule has 0 bridgehead atoms. The Kier molecular flexibility index (Phi) is 13.3. The zero-order chi connectivity index (χ0) is 14.7. The largest absolute Gasteiger partial charge is 1.00 e. The maximum Gasteiger partial charge on any atom is 0.246 e. The molecule has 0 aliphatic heterocycles. The summed E-state index contributed by atoms with van der Waals surface area (Å²) in [6.45, 7) is 17.9. The van der Waals surface area contributed by atoms with Crippen LogP contribution in [0.1, 0.15) is 53.4 Å². The molecule has 0 aromatic carbocycles. The Labute approximate surface area is 131 Å². The van der Waals surface area contributed by atoms with Crippen LogP contribution >= 0.6 is 0 Å². The van der Waals surface area contributed by atoms with Crippen molar-refractivity contribution in [2.24, 2.45) is 0 Å². The van der Waals surface area contributed by atoms with Crippen molar-refractivity contribution < 1.29 is 21.7 Å². The molecule has 20 heavy (non-hydrogen) atoms. The zero-order valence-electron chi connectivity index (χ0n) is 13.8. The number of nitrogens with zero attached hydrogens (tertiary/aromatic N) is 1. The van der Waals surface area contributed by atoms with Crippen molar-refractivity contribution in [1.82, 2.24) is 5.32 Å². The van der Waals surface area contributed by atoms with Crippen LogP contribution in [-0.2, 0) is 4.79 Å². The second-order valence-corrected chi connectivity index (χ2v) is 5.63. The normalized spacial score (nSPS) is 10.8. The lowest BCUT2D eigenvalue weighted by Crippen LogP contribution is -3.00. The van der Waals surface area contributed by atoms with Gasteiger partial charge in [0.1, 0.15) is 0 Å². The fourth-order valence-electron chi connectivity index (χ4n) is 2.86. The van der Waals surface area contributed by atoms with Crippen LogP contribution in [0.15, 0.2) is 12.2 Å². The van der Waals surface area contributed by atoms with Gasteiger partial charge >= 0.3 is 0 Å². The van der Waals surface area contributed by atoms with E-state index in [0.717, 1.165) is 13.0 Å². The summed E-state index contributed by atoms with van der Waals surface area (Å²) in [5, 5.41) is 2.93. The summed E-state index contributed by atoms with van der Waals surface area (Å²) in [5.41, 5.74) is 0.594. The number of amides is 1. The van der Waals surface area contributed by atoms with E-state index in [0.29, 0.717) is 5.57 Å². The summed E-state index contributed by atoms with van der Waals surface area (Å²) in [4.78, 5) is 11.4. The lowest BCUT2D eigenvalue weighted by atomic mass is 10.2. The lowest BCUT2D eigenvalue weighted by Gasteiger charge is -2.38. The molecule has 1 N–H and O–H groups in total. The van der Waals surface area contributed by atoms with Crippen LogP contribution in [0.4, 0.5) is 0 Å². The third-order valence-corrected chi connectivity index (χ3v) is 3.58. The van der Waals surface area contributed by atoms with Gasteiger partial charge in [0, 0.05) is 18.5 Å². The first kappa shape index (κ1) is 21.8. The predicted octanol–water partition coefficient (Wildman–Crippen LogP) is 0.120. The molecule has 0 heterocycles. The van der Waals surface area contributed by atoms with Crippen LogP contribution in [0.2, 0.25) is 0 Å². The Hall–Kier alpha value is -0.540. The Bertz CT molecular complexity index is 263. The molecule has 120 valence electrons. The van der Waals surface area contributed by atoms with Crippen LogP contribution < -0.4 is 17.7 Å². The quantitative estimate of drug-likeness (QED) is 0.328. The van der Waals surface area contributed by atoms with Crippen molar-refractivity contribution in [2.45, 2.75) is 53.4 Å². The van der Waals surface area contributed by atoms with Crippen molar-refractivity contribution in [1.29, 1.82) is 0 Å². The van der Waals surface area contributed by atoms with Gasteiger partial charge in [0.05, 0.1) is 26.2 Å². The van der Waals surface area contributed by atoms with Crippen LogP contribution in [0.25, 0.3) is 0 Å². The summed E-state index contributed by atoms with van der Waals surface area (Å²) in [7, 11) is 0. The van der Waals surface area contributed by atoms with Gasteiger partial charge in [0.2, 0.25) is 5.91 Å². The van der Waals surface area contributed by atoms with E-state index in [1.165, 1.54) is 49.9 Å². The monoisotopic (exact) mass is 304 g/mol. The fourth-order valence-corrected chi connectivity index (χ4v) is 2.86. The van der Waals surface area contributed by atoms with E-state index in [1.807, 2.05) is 0 Å². The van der Waals surface area contributed by atoms with Crippen LogP contribution in [0.3, 0.4) is 0 Å². The SMILES string of the molecule is C=C(C)C(=O)NCCC[N+](CCC)(CCC)CCC.[Cl-]. The van der Waals surface area contributed by atoms with E-state index in [2.05, 4.69) is 32.7 Å². The lowest BCUT2D eigenvalue weighted by molar-refractivity contribution is -0.928. The van der Waals surface area contributed by atoms with Crippen molar-refractivity contribution in [2.75, 3.05) is 32.7 Å². The van der Waals surface area contributed by atoms with Gasteiger partial charge in [-0.3, -0.25) is 4.79 Å². The maximum absolute atomic E-state index is 11.4. The van der Waals surface area contributed by atoms with Gasteiger partial charge in [-0.25, -0.2) is 0 Å². The summed E-state index contributed by atoms with van der Waals surface area (Å²) in [6, 6.07) is 0. The number of halogens is 1. The highest BCUT2D eigenvalue weighted by Crippen LogP contribution is 2.12. The average molecular weight is 305 g/mol. The van der Waals surface area contributed by atoms with E-state index in [-0.39, 0.29) is 18.3 Å². The number of hydrogen-bond donors (Lipinski definition) is 1. The van der Waals surface area contributed by atoms with Crippen molar-refractivity contribution in [3.63, 3.8) is 0 Å². The maximum atomic E-state index is 11.4. The highest BCUT2D eigenvalue weighted by atomic mass is 35.5. The molecular formula is C16H33ClN2O. The smallest absolute Gasteiger partial charge is 0.246 e. The molecule has 0 saturated carbocycles. The molecule has 0 fully saturated rings. The topological polar surface area (TPSA) is 29.1 Å². The Balaban J connectivity index is 0. The van der Waals surface area contributed by atoms with E-state index in [1.54, 1.807) is 6.92 Å². The van der Waals surface area contributed by atoms with E-state index in [4.69, 9.17) is 0 Å². The molecular weight excluding hydrogens is 272 g/mol. The first-order valence-electron chi connectivity index (χ1n) is 7.80. The van der Waals surface area contributed by atoms with E-state index in [9.17, 15) is 4.79 Å². The number of carbonyl (C=O) groups is 1. The molecule has 0 unspecified atom stereocenters. The van der Waals surface area contributed by atoms with Gasteiger partial charge in [-0.05, 0) is 26.2 Å². The number of hydrogen-bond acceptors (Lipinski definition) is 1. The highest BCUT2D eigenvalue weighted by molar-refractivity contribution is 5.91. The molecule has 0 aromatic rings. The second-order valence-electron chi connectivity index (χ2n) is 5.63. The van der Waals surface area contributed by atoms with Gasteiger partial charge in [-0.1, -0.05) is 27.4 Å². The predicted molar refractivity (Wildman–Crippen MR) is 83.0 cm³/mol. The first-order chi connectivity index (χ1) is 9.01. The molecule has 0 spiro atoms. The third kappa shape index (κ3) is 8.60. The Morgan fingerprint density at radius 2 is 1.45 bits per heavy atom. The zero-order valence-corrected chi connectivity index (χ0v) is 14.6. The van der Waals surface area contributed by atoms with Crippen molar-refractivity contribution in [3.8, 4) is 0 Å². The standard InChI is InChI=1S/C16H32N2O.ClH/c1-6-11-18(12-7-2,13-8-3)14-9-10-17-16(19)15(4)5;/h4,6-14H2,1-3,5H3;1H. The third-order valence-electron chi connectivity index (χ3n) is 3.58. The van der Waals surface area contributed by atoms with Gasteiger partial charge in [0.15, 0.2) is 0 Å². The van der Waals surface area contributed by atoms with Gasteiger partial charge in [-0.2, -0.15) is 0 Å². The average Bonchev–Trinajstić information content (AvgIpc) is 2.35. The molecule has 0 atom stereocenters. The molecule has 0 rings (SSSR count). The number of carbonyl (C=O) groups excluding carboxylic acids is 1. The molecule has 0 aromatic heterocycles. The number of quaternary nitrogens is 1. The van der Waals surface area contributed by atoms with Gasteiger partial charge in [0.25, 0.3) is 0 Å². The summed E-state index contributed by atoms with van der Waals surface area (Å²) < 4.78 is 1.21. The van der Waals surface area contributed by atoms with Crippen molar-refractivity contribution in [3.05, 3.63) is 12.2 Å². The molecule has 0 aliphatic carbocycles. The summed E-state index contributed by atoms with van der Waals surface area (Å²) in [6.07, 6.45) is 4.76. The van der Waals surface area contributed by atoms with Gasteiger partial charge < -0.3 is 22.2 Å². The summed E-state index contributed by atoms with van der Waals surface area (Å²) >= 11 is 0. The second kappa shape index (κ2) is 12.2. The molecule has 0 saturated heterocycles. The fraction of sp³-hybridized carbons (Fsp3) is 0.812. The molecule has 0 aliphatic rings. The van der Waals surface area contributed by atoms with Crippen LogP contribution in [0, 0.1) is 0 Å². The molecule has 3 nitrogen and oxygen atoms in total. The molecule has 0 radical (unpaired) electrons. The summed E-state index contributed by atoms with van der Waals surface area (Å²) in [5.74, 6) is -0.0143. The minimum Gasteiger partial charge on any atom is -1.00 e. The van der Waals surface area contributed by atoms with E-state index >= 15 is 0 Å². The van der Waals surface area contributed by atoms with Crippen LogP contribution in [0.5, 0.6) is 0 Å². The van der Waals surface area contributed by atoms with E-state index < -0.39 is 0 Å². The Morgan fingerprint density at radius 3 is 1.80 bits per heavy atom. The highest BCUT2D eigenvalue weighted by Gasteiger charge is 2.23. The van der Waals surface area contributed by atoms with Gasteiger partial charge in [-0.15, -0.1) is 0 Å². The number of nitrogens with one attached hydrogen (secondary N) is 1. The van der Waals surface area contributed by atoms with Crippen molar-refractivity contribution >= 4 is 5.91 Å². The number of rotatable bonds is 11. The minimum absolute atomic E-state index is 0.